The fourth-order valence-electron chi connectivity index (χ4n) is 1.38. The number of carbonyl (C=O) groups excluding carboxylic acids is 1. The van der Waals surface area contributed by atoms with Gasteiger partial charge in [0.05, 0.1) is 5.02 Å². The minimum absolute atomic E-state index is 0.170. The number of thiophene rings is 1. The smallest absolute Gasteiger partial charge is 0.267 e. The first kappa shape index (κ1) is 12.6. The Kier molecular flexibility index (Phi) is 4.20. The van der Waals surface area contributed by atoms with Crippen molar-refractivity contribution in [3.05, 3.63) is 51.2 Å². The second-order valence-corrected chi connectivity index (χ2v) is 5.27. The fraction of sp³-hybridized carbons (Fsp3) is 0.0833. The van der Waals surface area contributed by atoms with Gasteiger partial charge in [-0.1, -0.05) is 39.7 Å². The van der Waals surface area contributed by atoms with Gasteiger partial charge in [-0.05, 0) is 29.1 Å². The van der Waals surface area contributed by atoms with Crippen LogP contribution < -0.4 is 5.32 Å². The van der Waals surface area contributed by atoms with Crippen LogP contribution in [0.1, 0.15) is 15.2 Å². The first-order valence-electron chi connectivity index (χ1n) is 4.90. The zero-order valence-electron chi connectivity index (χ0n) is 8.74. The third-order valence-electron chi connectivity index (χ3n) is 2.16. The van der Waals surface area contributed by atoms with Gasteiger partial charge in [-0.15, -0.1) is 11.3 Å². The molecule has 0 aliphatic rings. The van der Waals surface area contributed by atoms with Crippen LogP contribution >= 0.6 is 38.9 Å². The monoisotopic (exact) mass is 329 g/mol. The molecular weight excluding hydrogens is 322 g/mol. The molecular formula is C12H9BrClNOS. The minimum Gasteiger partial charge on any atom is -0.321 e. The van der Waals surface area contributed by atoms with Crippen molar-refractivity contribution in [3.8, 4) is 0 Å². The van der Waals surface area contributed by atoms with Crippen LogP contribution in [0.2, 0.25) is 5.02 Å². The molecule has 0 aliphatic heterocycles. The zero-order chi connectivity index (χ0) is 12.3. The van der Waals surface area contributed by atoms with Gasteiger partial charge in [0.15, 0.2) is 0 Å². The molecule has 1 amide bonds. The van der Waals surface area contributed by atoms with Crippen LogP contribution in [0.15, 0.2) is 35.7 Å². The Balaban J connectivity index is 2.16. The van der Waals surface area contributed by atoms with Gasteiger partial charge < -0.3 is 5.32 Å². The summed E-state index contributed by atoms with van der Waals surface area (Å²) in [6.07, 6.45) is 0. The van der Waals surface area contributed by atoms with Crippen LogP contribution in [0.5, 0.6) is 0 Å². The molecule has 2 aromatic rings. The van der Waals surface area contributed by atoms with E-state index in [1.807, 2.05) is 24.3 Å². The molecule has 1 aromatic heterocycles. The molecule has 0 saturated carbocycles. The number of benzene rings is 1. The lowest BCUT2D eigenvalue weighted by atomic mass is 10.2. The summed E-state index contributed by atoms with van der Waals surface area (Å²) in [7, 11) is 0. The molecule has 0 aliphatic carbocycles. The molecule has 1 heterocycles. The molecule has 0 fully saturated rings. The number of hydrogen-bond donors (Lipinski definition) is 1. The van der Waals surface area contributed by atoms with Crippen LogP contribution in [0.25, 0.3) is 0 Å². The maximum atomic E-state index is 11.9. The molecule has 17 heavy (non-hydrogen) atoms. The standard InChI is InChI=1S/C12H9BrClNOS/c13-7-8-2-1-3-9(6-8)15-12(16)11-10(14)4-5-17-11/h1-6H,7H2,(H,15,16). The summed E-state index contributed by atoms with van der Waals surface area (Å²) in [6, 6.07) is 9.39. The highest BCUT2D eigenvalue weighted by molar-refractivity contribution is 9.08. The number of rotatable bonds is 3. The number of nitrogens with one attached hydrogen (secondary N) is 1. The van der Waals surface area contributed by atoms with Gasteiger partial charge in [-0.3, -0.25) is 4.79 Å². The van der Waals surface area contributed by atoms with Crippen molar-refractivity contribution in [2.45, 2.75) is 5.33 Å². The summed E-state index contributed by atoms with van der Waals surface area (Å²) in [6.45, 7) is 0. The van der Waals surface area contributed by atoms with Crippen LogP contribution in [0.4, 0.5) is 5.69 Å². The van der Waals surface area contributed by atoms with Crippen molar-refractivity contribution in [2.24, 2.45) is 0 Å². The maximum absolute atomic E-state index is 11.9. The average Bonchev–Trinajstić information content (AvgIpc) is 2.76. The predicted octanol–water partition coefficient (Wildman–Crippen LogP) is 4.55. The van der Waals surface area contributed by atoms with Crippen molar-refractivity contribution in [1.82, 2.24) is 0 Å². The molecule has 1 aromatic carbocycles. The molecule has 0 radical (unpaired) electrons. The summed E-state index contributed by atoms with van der Waals surface area (Å²) < 4.78 is 0. The van der Waals surface area contributed by atoms with E-state index in [-0.39, 0.29) is 5.91 Å². The maximum Gasteiger partial charge on any atom is 0.267 e. The summed E-state index contributed by atoms with van der Waals surface area (Å²) in [5.41, 5.74) is 1.89. The topological polar surface area (TPSA) is 29.1 Å². The van der Waals surface area contributed by atoms with Crippen LogP contribution in [-0.4, -0.2) is 5.91 Å². The van der Waals surface area contributed by atoms with Gasteiger partial charge in [-0.25, -0.2) is 0 Å². The fourth-order valence-corrected chi connectivity index (χ4v) is 2.76. The highest BCUT2D eigenvalue weighted by Crippen LogP contribution is 2.23. The van der Waals surface area contributed by atoms with Crippen molar-refractivity contribution in [2.75, 3.05) is 5.32 Å². The Morgan fingerprint density at radius 1 is 1.41 bits per heavy atom. The van der Waals surface area contributed by atoms with Gasteiger partial charge in [0.25, 0.3) is 5.91 Å². The first-order chi connectivity index (χ1) is 8.20. The van der Waals surface area contributed by atoms with E-state index < -0.39 is 0 Å². The van der Waals surface area contributed by atoms with Gasteiger partial charge in [0.2, 0.25) is 0 Å². The Morgan fingerprint density at radius 2 is 2.24 bits per heavy atom. The predicted molar refractivity (Wildman–Crippen MR) is 76.4 cm³/mol. The van der Waals surface area contributed by atoms with Crippen LogP contribution in [-0.2, 0) is 5.33 Å². The number of halogens is 2. The summed E-state index contributed by atoms with van der Waals surface area (Å²) in [5.74, 6) is -0.170. The second kappa shape index (κ2) is 5.67. The molecule has 2 nitrogen and oxygen atoms in total. The molecule has 0 bridgehead atoms. The van der Waals surface area contributed by atoms with E-state index in [2.05, 4.69) is 21.2 Å². The third kappa shape index (κ3) is 3.09. The highest BCUT2D eigenvalue weighted by Gasteiger charge is 2.11. The molecule has 0 spiro atoms. The van der Waals surface area contributed by atoms with Gasteiger partial charge >= 0.3 is 0 Å². The van der Waals surface area contributed by atoms with Crippen molar-refractivity contribution in [1.29, 1.82) is 0 Å². The minimum atomic E-state index is -0.170. The van der Waals surface area contributed by atoms with E-state index in [1.54, 1.807) is 11.4 Å². The quantitative estimate of drug-likeness (QED) is 0.822. The SMILES string of the molecule is O=C(Nc1cccc(CBr)c1)c1sccc1Cl. The van der Waals surface area contributed by atoms with E-state index in [9.17, 15) is 4.79 Å². The van der Waals surface area contributed by atoms with Gasteiger partial charge in [0.1, 0.15) is 4.88 Å². The Hall–Kier alpha value is -0.840. The van der Waals surface area contributed by atoms with E-state index in [0.29, 0.717) is 9.90 Å². The molecule has 1 N–H and O–H groups in total. The molecule has 2 rings (SSSR count). The largest absolute Gasteiger partial charge is 0.321 e. The van der Waals surface area contributed by atoms with Crippen LogP contribution in [0, 0.1) is 0 Å². The third-order valence-corrected chi connectivity index (χ3v) is 4.15. The Morgan fingerprint density at radius 3 is 2.88 bits per heavy atom. The molecule has 88 valence electrons. The second-order valence-electron chi connectivity index (χ2n) is 3.39. The molecule has 0 atom stereocenters. The summed E-state index contributed by atoms with van der Waals surface area (Å²) in [5, 5.41) is 5.87. The first-order valence-corrected chi connectivity index (χ1v) is 7.28. The van der Waals surface area contributed by atoms with Crippen molar-refractivity contribution in [3.63, 3.8) is 0 Å². The molecule has 0 saturated heterocycles. The zero-order valence-corrected chi connectivity index (χ0v) is 11.9. The molecule has 5 heteroatoms. The van der Waals surface area contributed by atoms with E-state index in [4.69, 9.17) is 11.6 Å². The number of anilines is 1. The van der Waals surface area contributed by atoms with Gasteiger partial charge in [0, 0.05) is 11.0 Å². The summed E-state index contributed by atoms with van der Waals surface area (Å²) >= 11 is 10.6. The number of hydrogen-bond acceptors (Lipinski definition) is 2. The lowest BCUT2D eigenvalue weighted by molar-refractivity contribution is 0.103. The van der Waals surface area contributed by atoms with E-state index >= 15 is 0 Å². The van der Waals surface area contributed by atoms with Crippen LogP contribution in [0.3, 0.4) is 0 Å². The van der Waals surface area contributed by atoms with Gasteiger partial charge in [-0.2, -0.15) is 0 Å². The van der Waals surface area contributed by atoms with Crippen molar-refractivity contribution >= 4 is 50.5 Å². The molecule has 0 unspecified atom stereocenters. The van der Waals surface area contributed by atoms with Crippen molar-refractivity contribution < 1.29 is 4.79 Å². The normalized spacial score (nSPS) is 10.2. The number of alkyl halides is 1. The lowest BCUT2D eigenvalue weighted by Gasteiger charge is -2.05. The Bertz CT molecular complexity index is 541. The van der Waals surface area contributed by atoms with E-state index in [1.165, 1.54) is 11.3 Å². The number of amides is 1. The summed E-state index contributed by atoms with van der Waals surface area (Å²) in [4.78, 5) is 12.4. The lowest BCUT2D eigenvalue weighted by Crippen LogP contribution is -2.10. The average molecular weight is 331 g/mol. The van der Waals surface area contributed by atoms with E-state index in [0.717, 1.165) is 16.6 Å². The highest BCUT2D eigenvalue weighted by atomic mass is 79.9. The Labute approximate surface area is 117 Å². The number of carbonyl (C=O) groups is 1.